The van der Waals surface area contributed by atoms with Crippen molar-refractivity contribution in [1.29, 1.82) is 0 Å². The van der Waals surface area contributed by atoms with E-state index < -0.39 is 0 Å². The van der Waals surface area contributed by atoms with Gasteiger partial charge in [0, 0.05) is 22.6 Å². The molecule has 0 radical (unpaired) electrons. The van der Waals surface area contributed by atoms with Crippen LogP contribution < -0.4 is 10.1 Å². The molecule has 21 heavy (non-hydrogen) atoms. The van der Waals surface area contributed by atoms with E-state index in [1.807, 2.05) is 12.1 Å². The predicted molar refractivity (Wildman–Crippen MR) is 89.5 cm³/mol. The minimum atomic E-state index is 0.611. The second-order valence-corrected chi connectivity index (χ2v) is 6.60. The van der Waals surface area contributed by atoms with Crippen LogP contribution >= 0.6 is 15.9 Å². The minimum Gasteiger partial charge on any atom is -0.489 e. The summed E-state index contributed by atoms with van der Waals surface area (Å²) in [5.41, 5.74) is 3.69. The van der Waals surface area contributed by atoms with Gasteiger partial charge < -0.3 is 10.1 Å². The van der Waals surface area contributed by atoms with Crippen LogP contribution in [-0.4, -0.2) is 6.04 Å². The van der Waals surface area contributed by atoms with E-state index in [0.717, 1.165) is 16.8 Å². The molecule has 0 spiro atoms. The summed E-state index contributed by atoms with van der Waals surface area (Å²) < 4.78 is 7.12. The lowest BCUT2D eigenvalue weighted by Gasteiger charge is -2.13. The average molecular weight is 346 g/mol. The van der Waals surface area contributed by atoms with E-state index in [2.05, 4.69) is 58.5 Å². The van der Waals surface area contributed by atoms with Gasteiger partial charge in [-0.15, -0.1) is 0 Å². The maximum atomic E-state index is 6.03. The standard InChI is InChI=1S/C18H20BrNO/c1-13-3-2-4-14(9-13)12-21-18-8-5-16(19)10-15(18)11-20-17-6-7-17/h2-5,8-10,17,20H,6-7,11-12H2,1H3. The monoisotopic (exact) mass is 345 g/mol. The predicted octanol–water partition coefficient (Wildman–Crippen LogP) is 4.59. The van der Waals surface area contributed by atoms with Crippen LogP contribution in [0.25, 0.3) is 0 Å². The van der Waals surface area contributed by atoms with Crippen molar-refractivity contribution < 1.29 is 4.74 Å². The molecule has 110 valence electrons. The summed E-state index contributed by atoms with van der Waals surface area (Å²) in [6, 6.07) is 15.4. The van der Waals surface area contributed by atoms with Crippen molar-refractivity contribution in [2.45, 2.75) is 39.0 Å². The highest BCUT2D eigenvalue weighted by atomic mass is 79.9. The fourth-order valence-electron chi connectivity index (χ4n) is 2.33. The van der Waals surface area contributed by atoms with Gasteiger partial charge in [0.05, 0.1) is 0 Å². The highest BCUT2D eigenvalue weighted by Gasteiger charge is 2.20. The number of hydrogen-bond donors (Lipinski definition) is 1. The van der Waals surface area contributed by atoms with E-state index in [9.17, 15) is 0 Å². The maximum absolute atomic E-state index is 6.03. The smallest absolute Gasteiger partial charge is 0.124 e. The molecule has 1 saturated carbocycles. The van der Waals surface area contributed by atoms with Crippen molar-refractivity contribution in [3.63, 3.8) is 0 Å². The van der Waals surface area contributed by atoms with Gasteiger partial charge in [-0.25, -0.2) is 0 Å². The third-order valence-electron chi connectivity index (χ3n) is 3.66. The third kappa shape index (κ3) is 4.32. The van der Waals surface area contributed by atoms with Crippen molar-refractivity contribution in [2.75, 3.05) is 0 Å². The highest BCUT2D eigenvalue weighted by Crippen LogP contribution is 2.26. The van der Waals surface area contributed by atoms with Crippen LogP contribution in [0.1, 0.15) is 29.5 Å². The van der Waals surface area contributed by atoms with E-state index in [-0.39, 0.29) is 0 Å². The summed E-state index contributed by atoms with van der Waals surface area (Å²) in [7, 11) is 0. The first-order valence-corrected chi connectivity index (χ1v) is 8.20. The Bertz CT molecular complexity index is 622. The molecule has 0 heterocycles. The number of rotatable bonds is 6. The van der Waals surface area contributed by atoms with Crippen LogP contribution in [0.4, 0.5) is 0 Å². The van der Waals surface area contributed by atoms with Gasteiger partial charge in [0.2, 0.25) is 0 Å². The lowest BCUT2D eigenvalue weighted by Crippen LogP contribution is -2.16. The molecule has 1 aliphatic carbocycles. The van der Waals surface area contributed by atoms with Gasteiger partial charge in [0.1, 0.15) is 12.4 Å². The first-order valence-electron chi connectivity index (χ1n) is 7.41. The molecule has 0 amide bonds. The van der Waals surface area contributed by atoms with E-state index in [1.165, 1.54) is 29.5 Å². The van der Waals surface area contributed by atoms with Crippen molar-refractivity contribution in [2.24, 2.45) is 0 Å². The van der Waals surface area contributed by atoms with Crippen molar-refractivity contribution in [3.8, 4) is 5.75 Å². The summed E-state index contributed by atoms with van der Waals surface area (Å²) in [5, 5.41) is 3.55. The Hall–Kier alpha value is -1.32. The van der Waals surface area contributed by atoms with Gasteiger partial charge in [-0.2, -0.15) is 0 Å². The van der Waals surface area contributed by atoms with Crippen LogP contribution in [0.15, 0.2) is 46.9 Å². The molecule has 2 aromatic rings. The Morgan fingerprint density at radius 2 is 2.05 bits per heavy atom. The molecule has 3 heteroatoms. The SMILES string of the molecule is Cc1cccc(COc2ccc(Br)cc2CNC2CC2)c1. The van der Waals surface area contributed by atoms with Crippen LogP contribution in [0.3, 0.4) is 0 Å². The molecule has 0 aromatic heterocycles. The number of aryl methyl sites for hydroxylation is 1. The molecule has 0 aliphatic heterocycles. The summed E-state index contributed by atoms with van der Waals surface area (Å²) in [6.45, 7) is 3.58. The molecule has 1 fully saturated rings. The van der Waals surface area contributed by atoms with Crippen LogP contribution in [0, 0.1) is 6.92 Å². The normalized spacial score (nSPS) is 14.2. The summed E-state index contributed by atoms with van der Waals surface area (Å²) >= 11 is 3.54. The molecular weight excluding hydrogens is 326 g/mol. The Kier molecular flexibility index (Phi) is 4.61. The summed E-state index contributed by atoms with van der Waals surface area (Å²) in [5.74, 6) is 0.966. The maximum Gasteiger partial charge on any atom is 0.124 e. The molecule has 0 atom stereocenters. The molecule has 1 N–H and O–H groups in total. The zero-order valence-electron chi connectivity index (χ0n) is 12.2. The number of hydrogen-bond acceptors (Lipinski definition) is 2. The quantitative estimate of drug-likeness (QED) is 0.826. The van der Waals surface area contributed by atoms with Gasteiger partial charge in [0.25, 0.3) is 0 Å². The lowest BCUT2D eigenvalue weighted by atomic mass is 10.1. The number of ether oxygens (including phenoxy) is 1. The van der Waals surface area contributed by atoms with Crippen LogP contribution in [0.5, 0.6) is 5.75 Å². The largest absolute Gasteiger partial charge is 0.489 e. The fourth-order valence-corrected chi connectivity index (χ4v) is 2.74. The van der Waals surface area contributed by atoms with Gasteiger partial charge in [0.15, 0.2) is 0 Å². The van der Waals surface area contributed by atoms with Gasteiger partial charge in [-0.3, -0.25) is 0 Å². The van der Waals surface area contributed by atoms with Crippen molar-refractivity contribution in [3.05, 3.63) is 63.6 Å². The zero-order valence-corrected chi connectivity index (χ0v) is 13.8. The Morgan fingerprint density at radius 1 is 1.19 bits per heavy atom. The molecule has 2 aromatic carbocycles. The highest BCUT2D eigenvalue weighted by molar-refractivity contribution is 9.10. The Morgan fingerprint density at radius 3 is 2.81 bits per heavy atom. The van der Waals surface area contributed by atoms with Gasteiger partial charge in [-0.05, 0) is 43.5 Å². The van der Waals surface area contributed by atoms with E-state index in [0.29, 0.717) is 12.6 Å². The second-order valence-electron chi connectivity index (χ2n) is 5.68. The first-order chi connectivity index (χ1) is 10.2. The molecular formula is C18H20BrNO. The van der Waals surface area contributed by atoms with E-state index in [4.69, 9.17) is 4.74 Å². The van der Waals surface area contributed by atoms with Gasteiger partial charge in [-0.1, -0.05) is 45.8 Å². The molecule has 0 bridgehead atoms. The number of halogens is 1. The molecule has 0 saturated heterocycles. The average Bonchev–Trinajstić information content (AvgIpc) is 3.28. The number of nitrogens with one attached hydrogen (secondary N) is 1. The van der Waals surface area contributed by atoms with Crippen LogP contribution in [-0.2, 0) is 13.2 Å². The molecule has 0 unspecified atom stereocenters. The van der Waals surface area contributed by atoms with E-state index in [1.54, 1.807) is 0 Å². The Balaban J connectivity index is 1.68. The van der Waals surface area contributed by atoms with Crippen molar-refractivity contribution in [1.82, 2.24) is 5.32 Å². The lowest BCUT2D eigenvalue weighted by molar-refractivity contribution is 0.302. The fraction of sp³-hybridized carbons (Fsp3) is 0.333. The summed E-state index contributed by atoms with van der Waals surface area (Å²) in [6.07, 6.45) is 2.60. The second kappa shape index (κ2) is 6.63. The molecule has 2 nitrogen and oxygen atoms in total. The number of benzene rings is 2. The van der Waals surface area contributed by atoms with E-state index >= 15 is 0 Å². The third-order valence-corrected chi connectivity index (χ3v) is 4.15. The van der Waals surface area contributed by atoms with Gasteiger partial charge >= 0.3 is 0 Å². The first kappa shape index (κ1) is 14.6. The van der Waals surface area contributed by atoms with Crippen molar-refractivity contribution >= 4 is 15.9 Å². The summed E-state index contributed by atoms with van der Waals surface area (Å²) in [4.78, 5) is 0. The van der Waals surface area contributed by atoms with Crippen LogP contribution in [0.2, 0.25) is 0 Å². The minimum absolute atomic E-state index is 0.611. The topological polar surface area (TPSA) is 21.3 Å². The molecule has 1 aliphatic rings. The zero-order chi connectivity index (χ0) is 14.7. The Labute approximate surface area is 134 Å². The molecule has 3 rings (SSSR count).